The molecule has 0 amide bonds. The maximum absolute atomic E-state index is 13.0. The Morgan fingerprint density at radius 3 is 2.79 bits per heavy atom. The van der Waals surface area contributed by atoms with Crippen LogP contribution in [-0.2, 0) is 13.1 Å². The average molecular weight is 285 g/mol. The van der Waals surface area contributed by atoms with Crippen LogP contribution in [-0.4, -0.2) is 9.97 Å². The van der Waals surface area contributed by atoms with E-state index in [0.29, 0.717) is 18.2 Å². The van der Waals surface area contributed by atoms with Crippen LogP contribution in [0.1, 0.15) is 11.3 Å². The number of aromatic nitrogens is 2. The van der Waals surface area contributed by atoms with E-state index in [9.17, 15) is 8.78 Å². The highest BCUT2D eigenvalue weighted by molar-refractivity contribution is 5.85. The molecular weight excluding hydrogens is 274 g/mol. The molecule has 2 heterocycles. The number of fused-ring (bicyclic) bond motifs is 1. The first-order chi connectivity index (χ1) is 8.72. The van der Waals surface area contributed by atoms with Gasteiger partial charge in [0.05, 0.1) is 5.69 Å². The van der Waals surface area contributed by atoms with Crippen LogP contribution in [0.3, 0.4) is 0 Å². The number of benzene rings is 1. The van der Waals surface area contributed by atoms with Gasteiger partial charge in [-0.25, -0.2) is 18.7 Å². The van der Waals surface area contributed by atoms with E-state index in [1.165, 1.54) is 6.07 Å². The summed E-state index contributed by atoms with van der Waals surface area (Å²) >= 11 is 0. The van der Waals surface area contributed by atoms with E-state index in [0.717, 1.165) is 29.9 Å². The molecule has 19 heavy (non-hydrogen) atoms. The molecule has 0 unspecified atom stereocenters. The lowest BCUT2D eigenvalue weighted by molar-refractivity contribution is 0.509. The second-order valence-electron chi connectivity index (χ2n) is 4.02. The van der Waals surface area contributed by atoms with Gasteiger partial charge < -0.3 is 10.6 Å². The highest BCUT2D eigenvalue weighted by atomic mass is 35.5. The fraction of sp³-hybridized carbons (Fsp3) is 0.167. The van der Waals surface area contributed by atoms with Crippen LogP contribution in [0.15, 0.2) is 24.4 Å². The van der Waals surface area contributed by atoms with Gasteiger partial charge in [-0.2, -0.15) is 0 Å². The van der Waals surface area contributed by atoms with Crippen molar-refractivity contribution in [1.82, 2.24) is 15.3 Å². The summed E-state index contributed by atoms with van der Waals surface area (Å²) in [6, 6.07) is 3.57. The van der Waals surface area contributed by atoms with Crippen molar-refractivity contribution in [2.45, 2.75) is 13.1 Å². The summed E-state index contributed by atoms with van der Waals surface area (Å²) in [4.78, 5) is 8.42. The van der Waals surface area contributed by atoms with E-state index in [1.54, 1.807) is 6.20 Å². The molecule has 3 rings (SSSR count). The van der Waals surface area contributed by atoms with Gasteiger partial charge in [-0.1, -0.05) is 0 Å². The minimum atomic E-state index is -0.900. The topological polar surface area (TPSA) is 49.8 Å². The van der Waals surface area contributed by atoms with Crippen molar-refractivity contribution in [3.63, 3.8) is 0 Å². The lowest BCUT2D eigenvalue weighted by Crippen LogP contribution is -2.02. The lowest BCUT2D eigenvalue weighted by atomic mass is 10.3. The van der Waals surface area contributed by atoms with Crippen LogP contribution in [0.4, 0.5) is 20.4 Å². The molecule has 4 nitrogen and oxygen atoms in total. The van der Waals surface area contributed by atoms with Crippen LogP contribution < -0.4 is 10.6 Å². The summed E-state index contributed by atoms with van der Waals surface area (Å²) in [5.41, 5.74) is 2.40. The second-order valence-corrected chi connectivity index (χ2v) is 4.02. The lowest BCUT2D eigenvalue weighted by Gasteiger charge is -2.06. The van der Waals surface area contributed by atoms with Crippen LogP contribution in [0, 0.1) is 11.6 Å². The van der Waals surface area contributed by atoms with Crippen molar-refractivity contribution in [3.05, 3.63) is 47.3 Å². The Kier molecular flexibility index (Phi) is 3.92. The highest BCUT2D eigenvalue weighted by Gasteiger charge is 2.13. The van der Waals surface area contributed by atoms with Gasteiger partial charge in [0.25, 0.3) is 0 Å². The van der Waals surface area contributed by atoms with Crippen molar-refractivity contribution in [2.75, 3.05) is 5.32 Å². The summed E-state index contributed by atoms with van der Waals surface area (Å²) < 4.78 is 25.8. The third-order valence-corrected chi connectivity index (χ3v) is 2.74. The van der Waals surface area contributed by atoms with E-state index in [1.807, 2.05) is 0 Å². The van der Waals surface area contributed by atoms with Gasteiger partial charge >= 0.3 is 0 Å². The number of anilines is 2. The van der Waals surface area contributed by atoms with Gasteiger partial charge in [-0.05, 0) is 12.1 Å². The quantitative estimate of drug-likeness (QED) is 0.890. The largest absolute Gasteiger partial charge is 0.324 e. The number of nitrogens with one attached hydrogen (secondary N) is 2. The number of nitrogens with zero attached hydrogens (tertiary/aromatic N) is 2. The minimum absolute atomic E-state index is 0. The first-order valence-electron chi connectivity index (χ1n) is 5.50. The number of halogens is 3. The van der Waals surface area contributed by atoms with E-state index < -0.39 is 11.6 Å². The smallest absolute Gasteiger partial charge is 0.227 e. The zero-order valence-electron chi connectivity index (χ0n) is 9.78. The number of rotatable bonds is 2. The molecule has 0 spiro atoms. The van der Waals surface area contributed by atoms with Crippen molar-refractivity contribution >= 4 is 24.0 Å². The van der Waals surface area contributed by atoms with Crippen LogP contribution in [0.2, 0.25) is 0 Å². The summed E-state index contributed by atoms with van der Waals surface area (Å²) in [6.45, 7) is 1.46. The molecule has 7 heteroatoms. The minimum Gasteiger partial charge on any atom is -0.324 e. The van der Waals surface area contributed by atoms with Crippen LogP contribution in [0.25, 0.3) is 0 Å². The summed E-state index contributed by atoms with van der Waals surface area (Å²) in [6.07, 6.45) is 1.73. The SMILES string of the molecule is Cl.Fc1ccc(Nc2ncc3c(n2)CNC3)cc1F. The van der Waals surface area contributed by atoms with Gasteiger partial charge in [-0.3, -0.25) is 0 Å². The Morgan fingerprint density at radius 2 is 2.00 bits per heavy atom. The Morgan fingerprint density at radius 1 is 1.16 bits per heavy atom. The van der Waals surface area contributed by atoms with Crippen molar-refractivity contribution in [2.24, 2.45) is 0 Å². The summed E-state index contributed by atoms with van der Waals surface area (Å²) in [7, 11) is 0. The molecule has 1 aromatic carbocycles. The van der Waals surface area contributed by atoms with E-state index >= 15 is 0 Å². The molecular formula is C12H11ClF2N4. The van der Waals surface area contributed by atoms with Crippen LogP contribution >= 0.6 is 12.4 Å². The van der Waals surface area contributed by atoms with E-state index in [4.69, 9.17) is 0 Å². The first kappa shape index (κ1) is 13.6. The summed E-state index contributed by atoms with van der Waals surface area (Å²) in [5.74, 6) is -1.40. The van der Waals surface area contributed by atoms with Crippen molar-refractivity contribution in [3.8, 4) is 0 Å². The molecule has 1 aromatic heterocycles. The van der Waals surface area contributed by atoms with Gasteiger partial charge in [0, 0.05) is 36.6 Å². The second kappa shape index (κ2) is 5.46. The maximum atomic E-state index is 13.0. The summed E-state index contributed by atoms with van der Waals surface area (Å²) in [5, 5.41) is 6.00. The van der Waals surface area contributed by atoms with Crippen molar-refractivity contribution in [1.29, 1.82) is 0 Å². The monoisotopic (exact) mass is 284 g/mol. The molecule has 1 aliphatic heterocycles. The number of hydrogen-bond acceptors (Lipinski definition) is 4. The molecule has 2 N–H and O–H groups in total. The molecule has 0 saturated heterocycles. The Balaban J connectivity index is 0.00000133. The zero-order chi connectivity index (χ0) is 12.5. The molecule has 2 aromatic rings. The molecule has 0 atom stereocenters. The highest BCUT2D eigenvalue weighted by Crippen LogP contribution is 2.18. The predicted molar refractivity (Wildman–Crippen MR) is 69.5 cm³/mol. The van der Waals surface area contributed by atoms with Crippen LogP contribution in [0.5, 0.6) is 0 Å². The average Bonchev–Trinajstić information content (AvgIpc) is 2.81. The standard InChI is InChI=1S/C12H10F2N4.ClH/c13-9-2-1-8(3-10(9)14)17-12-16-5-7-4-15-6-11(7)18-12;/h1-3,5,15H,4,6H2,(H,16,17,18);1H. The molecule has 0 aliphatic carbocycles. The predicted octanol–water partition coefficient (Wildman–Crippen LogP) is 2.52. The van der Waals surface area contributed by atoms with Crippen molar-refractivity contribution < 1.29 is 8.78 Å². The molecule has 1 aliphatic rings. The van der Waals surface area contributed by atoms with Gasteiger partial charge in [0.1, 0.15) is 0 Å². The Bertz CT molecular complexity index is 606. The molecule has 0 radical (unpaired) electrons. The number of hydrogen-bond donors (Lipinski definition) is 2. The van der Waals surface area contributed by atoms with Gasteiger partial charge in [0.15, 0.2) is 11.6 Å². The zero-order valence-corrected chi connectivity index (χ0v) is 10.6. The first-order valence-corrected chi connectivity index (χ1v) is 5.50. The fourth-order valence-corrected chi connectivity index (χ4v) is 1.82. The maximum Gasteiger partial charge on any atom is 0.227 e. The third-order valence-electron chi connectivity index (χ3n) is 2.74. The molecule has 0 saturated carbocycles. The van der Waals surface area contributed by atoms with Gasteiger partial charge in [0.2, 0.25) is 5.95 Å². The van der Waals surface area contributed by atoms with E-state index in [2.05, 4.69) is 20.6 Å². The molecule has 0 bridgehead atoms. The third kappa shape index (κ3) is 2.80. The van der Waals surface area contributed by atoms with Gasteiger partial charge in [-0.15, -0.1) is 12.4 Å². The molecule has 100 valence electrons. The normalized spacial score (nSPS) is 12.7. The van der Waals surface area contributed by atoms with E-state index in [-0.39, 0.29) is 12.4 Å². The Labute approximate surface area is 114 Å². The molecule has 0 fully saturated rings. The Hall–Kier alpha value is -1.79. The fourth-order valence-electron chi connectivity index (χ4n) is 1.82.